The zero-order valence-electron chi connectivity index (χ0n) is 14.9. The summed E-state index contributed by atoms with van der Waals surface area (Å²) in [5.41, 5.74) is 2.57. The van der Waals surface area contributed by atoms with Crippen molar-refractivity contribution in [2.24, 2.45) is 7.05 Å². The van der Waals surface area contributed by atoms with Crippen LogP contribution in [0.4, 0.5) is 0 Å². The number of aromatic nitrogens is 5. The summed E-state index contributed by atoms with van der Waals surface area (Å²) in [6, 6.07) is 14.5. The van der Waals surface area contributed by atoms with Crippen LogP contribution in [0.5, 0.6) is 0 Å². The molecule has 0 bridgehead atoms. The van der Waals surface area contributed by atoms with Crippen LogP contribution in [0.25, 0.3) is 32.9 Å². The first-order valence-corrected chi connectivity index (χ1v) is 10.0. The molecular weight excluding hydrogens is 374 g/mol. The molecule has 138 valence electrons. The summed E-state index contributed by atoms with van der Waals surface area (Å²) in [4.78, 5) is 4.54. The number of hydrogen-bond acceptors (Lipinski definition) is 5. The molecule has 5 rings (SSSR count). The summed E-state index contributed by atoms with van der Waals surface area (Å²) in [5.74, 6) is 0. The van der Waals surface area contributed by atoms with E-state index in [0.29, 0.717) is 11.0 Å². The highest BCUT2D eigenvalue weighted by molar-refractivity contribution is 7.90. The van der Waals surface area contributed by atoms with E-state index in [4.69, 9.17) is 0 Å². The van der Waals surface area contributed by atoms with Gasteiger partial charge in [0.25, 0.3) is 10.0 Å². The van der Waals surface area contributed by atoms with Gasteiger partial charge >= 0.3 is 0 Å². The molecule has 28 heavy (non-hydrogen) atoms. The van der Waals surface area contributed by atoms with Gasteiger partial charge in [0.05, 0.1) is 17.3 Å². The summed E-state index contributed by atoms with van der Waals surface area (Å²) in [7, 11) is -2.04. The van der Waals surface area contributed by atoms with Crippen molar-refractivity contribution in [2.75, 3.05) is 0 Å². The largest absolute Gasteiger partial charge is 0.283 e. The molecule has 8 heteroatoms. The predicted octanol–water partition coefficient (Wildman–Crippen LogP) is 3.22. The van der Waals surface area contributed by atoms with E-state index in [9.17, 15) is 8.42 Å². The van der Waals surface area contributed by atoms with Gasteiger partial charge in [-0.15, -0.1) is 0 Å². The lowest BCUT2D eigenvalue weighted by Crippen LogP contribution is -2.14. The van der Waals surface area contributed by atoms with E-state index in [0.717, 1.165) is 26.0 Å². The normalized spacial score (nSPS) is 12.0. The molecule has 2 aromatic carbocycles. The van der Waals surface area contributed by atoms with Gasteiger partial charge in [0.15, 0.2) is 0 Å². The minimum Gasteiger partial charge on any atom is -0.275 e. The molecule has 3 heterocycles. The maximum Gasteiger partial charge on any atom is 0.283 e. The molecule has 0 aliphatic carbocycles. The van der Waals surface area contributed by atoms with Crippen LogP contribution in [-0.2, 0) is 17.1 Å². The first-order valence-electron chi connectivity index (χ1n) is 8.59. The Morgan fingerprint density at radius 3 is 2.46 bits per heavy atom. The second-order valence-corrected chi connectivity index (χ2v) is 8.30. The van der Waals surface area contributed by atoms with Gasteiger partial charge < -0.3 is 0 Å². The average Bonchev–Trinajstić information content (AvgIpc) is 3.33. The fourth-order valence-corrected chi connectivity index (χ4v) is 4.53. The van der Waals surface area contributed by atoms with Crippen LogP contribution >= 0.6 is 0 Å². The quantitative estimate of drug-likeness (QED) is 0.473. The predicted molar refractivity (Wildman–Crippen MR) is 106 cm³/mol. The van der Waals surface area contributed by atoms with Gasteiger partial charge in [-0.3, -0.25) is 9.67 Å². The molecule has 0 radical (unpaired) electrons. The molecule has 0 saturated carbocycles. The lowest BCUT2D eigenvalue weighted by molar-refractivity contribution is 0.582. The number of fused-ring (bicyclic) bond motifs is 2. The zero-order chi connectivity index (χ0) is 19.3. The van der Waals surface area contributed by atoms with E-state index in [2.05, 4.69) is 15.2 Å². The van der Waals surface area contributed by atoms with Crippen molar-refractivity contribution < 1.29 is 8.42 Å². The SMILES string of the molecule is Cn1cc(-c2cnc3cnn(S(=O)(=O)c4ccc5ccccc5c4)c3c2)cn1. The molecular formula is C20H15N5O2S. The van der Waals surface area contributed by atoms with Crippen LogP contribution in [0, 0.1) is 0 Å². The molecule has 0 N–H and O–H groups in total. The van der Waals surface area contributed by atoms with Gasteiger partial charge in [-0.2, -0.15) is 22.7 Å². The highest BCUT2D eigenvalue weighted by Crippen LogP contribution is 2.26. The summed E-state index contributed by atoms with van der Waals surface area (Å²) in [6.45, 7) is 0. The number of hydrogen-bond donors (Lipinski definition) is 0. The van der Waals surface area contributed by atoms with Crippen LogP contribution in [-0.4, -0.2) is 32.4 Å². The van der Waals surface area contributed by atoms with Crippen molar-refractivity contribution in [1.82, 2.24) is 24.0 Å². The minimum atomic E-state index is -3.86. The molecule has 0 unspecified atom stereocenters. The van der Waals surface area contributed by atoms with Crippen molar-refractivity contribution in [2.45, 2.75) is 4.90 Å². The zero-order valence-corrected chi connectivity index (χ0v) is 15.7. The molecule has 0 aliphatic rings. The molecule has 0 spiro atoms. The highest BCUT2D eigenvalue weighted by atomic mass is 32.2. The van der Waals surface area contributed by atoms with Crippen LogP contribution < -0.4 is 0 Å². The number of pyridine rings is 1. The molecule has 3 aromatic heterocycles. The van der Waals surface area contributed by atoms with Crippen molar-refractivity contribution in [3.8, 4) is 11.1 Å². The Kier molecular flexibility index (Phi) is 3.56. The topological polar surface area (TPSA) is 82.7 Å². The number of nitrogens with zero attached hydrogens (tertiary/aromatic N) is 5. The van der Waals surface area contributed by atoms with Crippen molar-refractivity contribution in [3.05, 3.63) is 73.3 Å². The molecule has 0 saturated heterocycles. The van der Waals surface area contributed by atoms with E-state index in [1.54, 1.807) is 41.3 Å². The lowest BCUT2D eigenvalue weighted by atomic mass is 10.1. The van der Waals surface area contributed by atoms with Crippen molar-refractivity contribution >= 4 is 31.8 Å². The third-order valence-corrected chi connectivity index (χ3v) is 6.27. The fourth-order valence-electron chi connectivity index (χ4n) is 3.23. The molecule has 0 fully saturated rings. The van der Waals surface area contributed by atoms with Crippen molar-refractivity contribution in [1.29, 1.82) is 0 Å². The first-order chi connectivity index (χ1) is 13.5. The molecule has 0 atom stereocenters. The summed E-state index contributed by atoms with van der Waals surface area (Å²) < 4.78 is 29.2. The molecule has 5 aromatic rings. The molecule has 0 aliphatic heterocycles. The van der Waals surface area contributed by atoms with Gasteiger partial charge in [0.1, 0.15) is 11.0 Å². The molecule has 7 nitrogen and oxygen atoms in total. The minimum absolute atomic E-state index is 0.183. The van der Waals surface area contributed by atoms with Crippen LogP contribution in [0.3, 0.4) is 0 Å². The second kappa shape index (κ2) is 6.00. The highest BCUT2D eigenvalue weighted by Gasteiger charge is 2.21. The summed E-state index contributed by atoms with van der Waals surface area (Å²) >= 11 is 0. The van der Waals surface area contributed by atoms with E-state index in [1.807, 2.05) is 37.5 Å². The maximum atomic E-state index is 13.3. The Balaban J connectivity index is 1.68. The van der Waals surface area contributed by atoms with Crippen molar-refractivity contribution in [3.63, 3.8) is 0 Å². The standard InChI is InChI=1S/C20H15N5O2S/c1-24-13-17(11-22-24)16-9-20-19(21-10-16)12-23-25(20)28(26,27)18-7-6-14-4-2-3-5-15(14)8-18/h2-13H,1H3. The first kappa shape index (κ1) is 16.6. The third kappa shape index (κ3) is 2.57. The van der Waals surface area contributed by atoms with E-state index in [-0.39, 0.29) is 4.90 Å². The Morgan fingerprint density at radius 2 is 1.68 bits per heavy atom. The third-order valence-electron chi connectivity index (χ3n) is 4.67. The van der Waals surface area contributed by atoms with Crippen LogP contribution in [0.1, 0.15) is 0 Å². The van der Waals surface area contributed by atoms with Crippen LogP contribution in [0.15, 0.2) is 78.2 Å². The van der Waals surface area contributed by atoms with E-state index in [1.165, 1.54) is 6.20 Å². The Hall–Kier alpha value is -3.52. The Labute approximate surface area is 160 Å². The van der Waals surface area contributed by atoms with E-state index >= 15 is 0 Å². The van der Waals surface area contributed by atoms with Gasteiger partial charge in [-0.05, 0) is 29.0 Å². The Morgan fingerprint density at radius 1 is 0.857 bits per heavy atom. The second-order valence-electron chi connectivity index (χ2n) is 6.53. The monoisotopic (exact) mass is 389 g/mol. The van der Waals surface area contributed by atoms with Gasteiger partial charge in [0.2, 0.25) is 0 Å². The van der Waals surface area contributed by atoms with Gasteiger partial charge in [0, 0.05) is 30.6 Å². The number of rotatable bonds is 3. The smallest absolute Gasteiger partial charge is 0.275 e. The Bertz CT molecular complexity index is 1450. The maximum absolute atomic E-state index is 13.3. The summed E-state index contributed by atoms with van der Waals surface area (Å²) in [6.07, 6.45) is 6.71. The van der Waals surface area contributed by atoms with Gasteiger partial charge in [-0.25, -0.2) is 0 Å². The average molecular weight is 389 g/mol. The number of aryl methyl sites for hydroxylation is 1. The summed E-state index contributed by atoms with van der Waals surface area (Å²) in [5, 5.41) is 10.1. The van der Waals surface area contributed by atoms with E-state index < -0.39 is 10.0 Å². The fraction of sp³-hybridized carbons (Fsp3) is 0.0500. The van der Waals surface area contributed by atoms with Crippen LogP contribution in [0.2, 0.25) is 0 Å². The van der Waals surface area contributed by atoms with Gasteiger partial charge in [-0.1, -0.05) is 30.3 Å². The molecule has 0 amide bonds. The lowest BCUT2D eigenvalue weighted by Gasteiger charge is -2.08. The number of benzene rings is 2.